The van der Waals surface area contributed by atoms with Crippen LogP contribution in [0.25, 0.3) is 0 Å². The highest BCUT2D eigenvalue weighted by atomic mass is 79.9. The van der Waals surface area contributed by atoms with Gasteiger partial charge < -0.3 is 10.6 Å². The molecule has 1 atom stereocenters. The Bertz CT molecular complexity index is 960. The van der Waals surface area contributed by atoms with Crippen molar-refractivity contribution in [3.05, 3.63) is 53.0 Å². The lowest BCUT2D eigenvalue weighted by Crippen LogP contribution is -2.46. The zero-order valence-electron chi connectivity index (χ0n) is 15.8. The van der Waals surface area contributed by atoms with Gasteiger partial charge in [0.1, 0.15) is 12.1 Å². The summed E-state index contributed by atoms with van der Waals surface area (Å²) in [6.07, 6.45) is 1.85. The smallest absolute Gasteiger partial charge is 0.325 e. The average molecular weight is 474 g/mol. The molecule has 8 heteroatoms. The molecule has 4 amide bonds. The molecule has 6 nitrogen and oxygen atoms in total. The number of rotatable bonds is 6. The highest BCUT2D eigenvalue weighted by molar-refractivity contribution is 9.10. The Labute approximate surface area is 181 Å². The van der Waals surface area contributed by atoms with Crippen molar-refractivity contribution in [1.29, 1.82) is 0 Å². The van der Waals surface area contributed by atoms with Crippen molar-refractivity contribution < 1.29 is 14.4 Å². The molecule has 2 aromatic rings. The van der Waals surface area contributed by atoms with Gasteiger partial charge in [-0.3, -0.25) is 14.5 Å². The normalized spacial score (nSPS) is 21.2. The van der Waals surface area contributed by atoms with E-state index in [2.05, 4.69) is 26.6 Å². The zero-order chi connectivity index (χ0) is 20.6. The Kier molecular flexibility index (Phi) is 5.40. The molecule has 1 saturated heterocycles. The van der Waals surface area contributed by atoms with E-state index in [-0.39, 0.29) is 18.4 Å². The third kappa shape index (κ3) is 4.33. The topological polar surface area (TPSA) is 78.5 Å². The van der Waals surface area contributed by atoms with Gasteiger partial charge in [-0.1, -0.05) is 27.7 Å². The van der Waals surface area contributed by atoms with Gasteiger partial charge in [0.25, 0.3) is 5.91 Å². The van der Waals surface area contributed by atoms with Crippen molar-refractivity contribution in [3.63, 3.8) is 0 Å². The zero-order valence-corrected chi connectivity index (χ0v) is 18.2. The third-order valence-corrected chi connectivity index (χ3v) is 6.73. The van der Waals surface area contributed by atoms with Crippen molar-refractivity contribution in [2.75, 3.05) is 11.9 Å². The van der Waals surface area contributed by atoms with E-state index in [0.29, 0.717) is 5.69 Å². The van der Waals surface area contributed by atoms with Crippen LogP contribution in [0.3, 0.4) is 0 Å². The fraction of sp³-hybridized carbons (Fsp3) is 0.286. The van der Waals surface area contributed by atoms with Crippen LogP contribution in [0.4, 0.5) is 10.5 Å². The van der Waals surface area contributed by atoms with Gasteiger partial charge in [-0.05, 0) is 74.2 Å². The second kappa shape index (κ2) is 7.84. The first-order valence-corrected chi connectivity index (χ1v) is 10.9. The van der Waals surface area contributed by atoms with E-state index in [1.165, 1.54) is 0 Å². The molecule has 1 heterocycles. The number of urea groups is 1. The quantitative estimate of drug-likeness (QED) is 0.614. The minimum Gasteiger partial charge on any atom is -0.325 e. The van der Waals surface area contributed by atoms with E-state index in [1.54, 1.807) is 30.8 Å². The van der Waals surface area contributed by atoms with Gasteiger partial charge in [-0.2, -0.15) is 0 Å². The molecule has 0 radical (unpaired) electrons. The number of carbonyl (C=O) groups excluding carboxylic acids is 3. The van der Waals surface area contributed by atoms with Gasteiger partial charge in [0, 0.05) is 20.0 Å². The van der Waals surface area contributed by atoms with Crippen LogP contribution < -0.4 is 10.6 Å². The maximum Gasteiger partial charge on any atom is 0.325 e. The van der Waals surface area contributed by atoms with E-state index >= 15 is 0 Å². The van der Waals surface area contributed by atoms with Gasteiger partial charge in [0.15, 0.2) is 0 Å². The number of nitrogens with one attached hydrogen (secondary N) is 2. The predicted octanol–water partition coefficient (Wildman–Crippen LogP) is 4.26. The van der Waals surface area contributed by atoms with Crippen LogP contribution >= 0.6 is 27.7 Å². The van der Waals surface area contributed by atoms with Crippen LogP contribution in [-0.4, -0.2) is 34.8 Å². The maximum absolute atomic E-state index is 12.6. The standard InChI is InChI=1S/C21H20BrN3O3S/c1-21(13-2-3-13)19(27)25(20(28)24-21)12-18(26)23-15-6-10-17(11-7-15)29-16-8-4-14(22)5-9-16/h4-11,13H,2-3,12H2,1H3,(H,23,26)(H,24,28). The molecule has 29 heavy (non-hydrogen) atoms. The highest BCUT2D eigenvalue weighted by Gasteiger charge is 2.56. The van der Waals surface area contributed by atoms with E-state index in [1.807, 2.05) is 36.4 Å². The van der Waals surface area contributed by atoms with Gasteiger partial charge >= 0.3 is 6.03 Å². The number of nitrogens with zero attached hydrogens (tertiary/aromatic N) is 1. The lowest BCUT2D eigenvalue weighted by Gasteiger charge is -2.20. The molecular formula is C21H20BrN3O3S. The molecular weight excluding hydrogens is 454 g/mol. The van der Waals surface area contributed by atoms with Crippen LogP contribution in [-0.2, 0) is 9.59 Å². The number of amides is 4. The first-order chi connectivity index (χ1) is 13.8. The first-order valence-electron chi connectivity index (χ1n) is 9.32. The molecule has 2 fully saturated rings. The Morgan fingerprint density at radius 3 is 2.31 bits per heavy atom. The molecule has 0 bridgehead atoms. The summed E-state index contributed by atoms with van der Waals surface area (Å²) < 4.78 is 1.03. The highest BCUT2D eigenvalue weighted by Crippen LogP contribution is 2.42. The summed E-state index contributed by atoms with van der Waals surface area (Å²) in [5.74, 6) is -0.550. The monoisotopic (exact) mass is 473 g/mol. The van der Waals surface area contributed by atoms with E-state index < -0.39 is 17.5 Å². The second-order valence-electron chi connectivity index (χ2n) is 7.43. The minimum atomic E-state index is -0.872. The Morgan fingerprint density at radius 2 is 1.72 bits per heavy atom. The number of hydrogen-bond acceptors (Lipinski definition) is 4. The van der Waals surface area contributed by atoms with Gasteiger partial charge in [0.2, 0.25) is 5.91 Å². The van der Waals surface area contributed by atoms with Gasteiger partial charge in [-0.15, -0.1) is 0 Å². The summed E-state index contributed by atoms with van der Waals surface area (Å²) in [4.78, 5) is 40.3. The fourth-order valence-corrected chi connectivity index (χ4v) is 4.47. The molecule has 150 valence electrons. The number of carbonyl (C=O) groups is 3. The van der Waals surface area contributed by atoms with Crippen molar-refractivity contribution in [3.8, 4) is 0 Å². The lowest BCUT2D eigenvalue weighted by molar-refractivity contribution is -0.134. The molecule has 1 unspecified atom stereocenters. The summed E-state index contributed by atoms with van der Waals surface area (Å²) >= 11 is 5.04. The van der Waals surface area contributed by atoms with E-state index in [0.717, 1.165) is 32.0 Å². The molecule has 1 aliphatic carbocycles. The summed E-state index contributed by atoms with van der Waals surface area (Å²) in [6.45, 7) is 1.45. The van der Waals surface area contributed by atoms with Crippen LogP contribution in [0.15, 0.2) is 62.8 Å². The largest absolute Gasteiger partial charge is 0.325 e. The minimum absolute atomic E-state index is 0.169. The lowest BCUT2D eigenvalue weighted by atomic mass is 9.96. The third-order valence-electron chi connectivity index (χ3n) is 5.18. The Balaban J connectivity index is 1.34. The SMILES string of the molecule is CC1(C2CC2)NC(=O)N(CC(=O)Nc2ccc(Sc3ccc(Br)cc3)cc2)C1=O. The molecule has 2 aromatic carbocycles. The number of anilines is 1. The molecule has 2 N–H and O–H groups in total. The predicted molar refractivity (Wildman–Crippen MR) is 115 cm³/mol. The summed E-state index contributed by atoms with van der Waals surface area (Å²) in [6, 6.07) is 15.0. The molecule has 1 aliphatic heterocycles. The van der Waals surface area contributed by atoms with Gasteiger partial charge in [0.05, 0.1) is 0 Å². The van der Waals surface area contributed by atoms with Crippen LogP contribution in [0.1, 0.15) is 19.8 Å². The van der Waals surface area contributed by atoms with Crippen molar-refractivity contribution in [2.45, 2.75) is 35.1 Å². The molecule has 4 rings (SSSR count). The average Bonchev–Trinajstić information content (AvgIpc) is 3.51. The molecule has 2 aliphatic rings. The van der Waals surface area contributed by atoms with Crippen LogP contribution in [0.5, 0.6) is 0 Å². The first kappa shape index (κ1) is 20.0. The number of hydrogen-bond donors (Lipinski definition) is 2. The Hall–Kier alpha value is -2.32. The van der Waals surface area contributed by atoms with Crippen molar-refractivity contribution in [1.82, 2.24) is 10.2 Å². The van der Waals surface area contributed by atoms with Crippen LogP contribution in [0, 0.1) is 5.92 Å². The molecule has 0 aromatic heterocycles. The molecule has 1 saturated carbocycles. The summed E-state index contributed by atoms with van der Waals surface area (Å²) in [5, 5.41) is 5.50. The Morgan fingerprint density at radius 1 is 1.14 bits per heavy atom. The fourth-order valence-electron chi connectivity index (χ4n) is 3.39. The van der Waals surface area contributed by atoms with E-state index in [4.69, 9.17) is 0 Å². The van der Waals surface area contributed by atoms with Crippen molar-refractivity contribution >= 4 is 51.2 Å². The van der Waals surface area contributed by atoms with Gasteiger partial charge in [-0.25, -0.2) is 4.79 Å². The maximum atomic E-state index is 12.6. The van der Waals surface area contributed by atoms with Crippen LogP contribution in [0.2, 0.25) is 0 Å². The van der Waals surface area contributed by atoms with E-state index in [9.17, 15) is 14.4 Å². The summed E-state index contributed by atoms with van der Waals surface area (Å²) in [7, 11) is 0. The second-order valence-corrected chi connectivity index (χ2v) is 9.49. The number of imide groups is 1. The summed E-state index contributed by atoms with van der Waals surface area (Å²) in [5.41, 5.74) is -0.254. The number of benzene rings is 2. The number of halogens is 1. The molecule has 0 spiro atoms. The van der Waals surface area contributed by atoms with Crippen molar-refractivity contribution in [2.24, 2.45) is 5.92 Å².